The van der Waals surface area contributed by atoms with Gasteiger partial charge in [-0.15, -0.1) is 0 Å². The highest BCUT2D eigenvalue weighted by atomic mass is 19.1. The summed E-state index contributed by atoms with van der Waals surface area (Å²) in [5, 5.41) is 1.54. The van der Waals surface area contributed by atoms with E-state index in [1.165, 1.54) is 15.9 Å². The molecule has 3 amide bonds. The number of imide groups is 1. The zero-order chi connectivity index (χ0) is 21.3. The average molecular weight is 404 g/mol. The maximum atomic E-state index is 13.8. The van der Waals surface area contributed by atoms with E-state index in [0.717, 1.165) is 5.39 Å². The lowest BCUT2D eigenvalue weighted by Gasteiger charge is -2.27. The summed E-state index contributed by atoms with van der Waals surface area (Å²) in [6.07, 6.45) is 0.504. The van der Waals surface area contributed by atoms with E-state index in [-0.39, 0.29) is 43.0 Å². The summed E-state index contributed by atoms with van der Waals surface area (Å²) >= 11 is 0. The van der Waals surface area contributed by atoms with Crippen LogP contribution < -0.4 is 0 Å². The number of carbonyl (C=O) groups excluding carboxylic acids is 3. The molecule has 6 heteroatoms. The topological polar surface area (TPSA) is 57.7 Å². The number of hydrogen-bond donors (Lipinski definition) is 0. The number of amides is 3. The molecule has 0 atom stereocenters. The molecule has 5 nitrogen and oxygen atoms in total. The van der Waals surface area contributed by atoms with Gasteiger partial charge < -0.3 is 4.90 Å². The van der Waals surface area contributed by atoms with Crippen molar-refractivity contribution in [1.29, 1.82) is 0 Å². The second kappa shape index (κ2) is 8.06. The molecule has 0 unspecified atom stereocenters. The Morgan fingerprint density at radius 1 is 0.933 bits per heavy atom. The molecule has 152 valence electrons. The summed E-state index contributed by atoms with van der Waals surface area (Å²) in [4.78, 5) is 40.8. The molecular formula is C24H21FN2O3. The number of benzene rings is 3. The van der Waals surface area contributed by atoms with Crippen molar-refractivity contribution in [3.05, 3.63) is 83.2 Å². The third kappa shape index (κ3) is 3.56. The van der Waals surface area contributed by atoms with Gasteiger partial charge in [-0.2, -0.15) is 0 Å². The van der Waals surface area contributed by atoms with Crippen molar-refractivity contribution in [3.63, 3.8) is 0 Å². The van der Waals surface area contributed by atoms with Gasteiger partial charge >= 0.3 is 0 Å². The van der Waals surface area contributed by atoms with Crippen molar-refractivity contribution in [2.75, 3.05) is 13.6 Å². The Morgan fingerprint density at radius 3 is 2.20 bits per heavy atom. The van der Waals surface area contributed by atoms with Crippen LogP contribution in [0.5, 0.6) is 0 Å². The molecule has 0 saturated heterocycles. The monoisotopic (exact) mass is 404 g/mol. The average Bonchev–Trinajstić information content (AvgIpc) is 2.75. The quantitative estimate of drug-likeness (QED) is 0.583. The van der Waals surface area contributed by atoms with Gasteiger partial charge in [-0.1, -0.05) is 42.5 Å². The number of carbonyl (C=O) groups is 3. The molecule has 30 heavy (non-hydrogen) atoms. The SMILES string of the molecule is CN(Cc1ccccc1F)C(=O)CCCN1C(=O)c2cccc3cccc(c23)C1=O. The van der Waals surface area contributed by atoms with Crippen molar-refractivity contribution in [2.24, 2.45) is 0 Å². The van der Waals surface area contributed by atoms with Crippen LogP contribution in [0.2, 0.25) is 0 Å². The summed E-state index contributed by atoms with van der Waals surface area (Å²) in [5.41, 5.74) is 1.45. The van der Waals surface area contributed by atoms with Crippen LogP contribution in [0.3, 0.4) is 0 Å². The summed E-state index contributed by atoms with van der Waals surface area (Å²) in [7, 11) is 1.61. The molecule has 4 rings (SSSR count). The third-order valence-electron chi connectivity index (χ3n) is 5.42. The molecule has 1 heterocycles. The van der Waals surface area contributed by atoms with Crippen molar-refractivity contribution >= 4 is 28.5 Å². The number of rotatable bonds is 6. The van der Waals surface area contributed by atoms with Crippen molar-refractivity contribution in [3.8, 4) is 0 Å². The highest BCUT2D eigenvalue weighted by Gasteiger charge is 2.32. The fourth-order valence-corrected chi connectivity index (χ4v) is 3.83. The van der Waals surface area contributed by atoms with E-state index < -0.39 is 0 Å². The van der Waals surface area contributed by atoms with Crippen LogP contribution in [0.1, 0.15) is 39.1 Å². The number of halogens is 1. The second-order valence-corrected chi connectivity index (χ2v) is 7.42. The predicted molar refractivity (Wildman–Crippen MR) is 111 cm³/mol. The Balaban J connectivity index is 1.41. The van der Waals surface area contributed by atoms with Gasteiger partial charge in [-0.3, -0.25) is 19.3 Å². The molecular weight excluding hydrogens is 383 g/mol. The van der Waals surface area contributed by atoms with Gasteiger partial charge in [-0.05, 0) is 30.0 Å². The van der Waals surface area contributed by atoms with Crippen molar-refractivity contribution in [2.45, 2.75) is 19.4 Å². The minimum absolute atomic E-state index is 0.154. The van der Waals surface area contributed by atoms with Crippen LogP contribution in [-0.4, -0.2) is 41.1 Å². The van der Waals surface area contributed by atoms with Crippen LogP contribution in [0.25, 0.3) is 10.8 Å². The van der Waals surface area contributed by atoms with E-state index >= 15 is 0 Å². The Morgan fingerprint density at radius 2 is 1.57 bits per heavy atom. The van der Waals surface area contributed by atoms with Gasteiger partial charge in [0.25, 0.3) is 11.8 Å². The zero-order valence-corrected chi connectivity index (χ0v) is 16.6. The number of hydrogen-bond acceptors (Lipinski definition) is 3. The second-order valence-electron chi connectivity index (χ2n) is 7.42. The van der Waals surface area contributed by atoms with Crippen LogP contribution in [0.4, 0.5) is 4.39 Å². The molecule has 0 saturated carbocycles. The zero-order valence-electron chi connectivity index (χ0n) is 16.6. The normalized spacial score (nSPS) is 13.1. The molecule has 1 aliphatic heterocycles. The molecule has 0 spiro atoms. The molecule has 0 bridgehead atoms. The Kier molecular flexibility index (Phi) is 5.31. The summed E-state index contributed by atoms with van der Waals surface area (Å²) in [6, 6.07) is 17.1. The molecule has 0 fully saturated rings. The lowest BCUT2D eigenvalue weighted by atomic mass is 9.94. The van der Waals surface area contributed by atoms with E-state index in [9.17, 15) is 18.8 Å². The van der Waals surface area contributed by atoms with Gasteiger partial charge in [-0.25, -0.2) is 4.39 Å². The van der Waals surface area contributed by atoms with E-state index in [0.29, 0.717) is 28.5 Å². The lowest BCUT2D eigenvalue weighted by Crippen LogP contribution is -2.41. The van der Waals surface area contributed by atoms with E-state index in [1.807, 2.05) is 12.1 Å². The van der Waals surface area contributed by atoms with E-state index in [4.69, 9.17) is 0 Å². The Hall–Kier alpha value is -3.54. The summed E-state index contributed by atoms with van der Waals surface area (Å²) in [6.45, 7) is 0.324. The largest absolute Gasteiger partial charge is 0.341 e. The first-order valence-corrected chi connectivity index (χ1v) is 9.82. The van der Waals surface area contributed by atoms with E-state index in [1.54, 1.807) is 49.5 Å². The molecule has 0 N–H and O–H groups in total. The highest BCUT2D eigenvalue weighted by molar-refractivity contribution is 6.25. The van der Waals surface area contributed by atoms with Crippen molar-refractivity contribution in [1.82, 2.24) is 9.80 Å². The lowest BCUT2D eigenvalue weighted by molar-refractivity contribution is -0.130. The standard InChI is InChI=1S/C24H21FN2O3/c1-26(15-17-7-2-3-12-20(17)25)21(28)13-6-14-27-23(29)18-10-4-8-16-9-5-11-19(22(16)18)24(27)30/h2-5,7-12H,6,13-15H2,1H3. The van der Waals surface area contributed by atoms with Gasteiger partial charge in [0.15, 0.2) is 0 Å². The van der Waals surface area contributed by atoms with Gasteiger partial charge in [0.1, 0.15) is 5.82 Å². The fourth-order valence-electron chi connectivity index (χ4n) is 3.83. The van der Waals surface area contributed by atoms with Gasteiger partial charge in [0, 0.05) is 48.6 Å². The molecule has 0 radical (unpaired) electrons. The maximum Gasteiger partial charge on any atom is 0.261 e. The third-order valence-corrected chi connectivity index (χ3v) is 5.42. The summed E-state index contributed by atoms with van der Waals surface area (Å²) in [5.74, 6) is -1.19. The van der Waals surface area contributed by atoms with Gasteiger partial charge in [0.05, 0.1) is 0 Å². The molecule has 0 aliphatic carbocycles. The predicted octanol–water partition coefficient (Wildman–Crippen LogP) is 4.01. The minimum Gasteiger partial charge on any atom is -0.341 e. The molecule has 3 aromatic carbocycles. The Bertz CT molecular complexity index is 1110. The maximum absolute atomic E-state index is 13.8. The minimum atomic E-state index is -0.352. The Labute approximate surface area is 173 Å². The fraction of sp³-hybridized carbons (Fsp3) is 0.208. The molecule has 3 aromatic rings. The first-order chi connectivity index (χ1) is 14.5. The highest BCUT2D eigenvalue weighted by Crippen LogP contribution is 2.30. The van der Waals surface area contributed by atoms with E-state index in [2.05, 4.69) is 0 Å². The molecule has 1 aliphatic rings. The summed E-state index contributed by atoms with van der Waals surface area (Å²) < 4.78 is 13.8. The van der Waals surface area contributed by atoms with Crippen LogP contribution in [0, 0.1) is 5.82 Å². The van der Waals surface area contributed by atoms with Gasteiger partial charge in [0.2, 0.25) is 5.91 Å². The smallest absolute Gasteiger partial charge is 0.261 e. The first kappa shape index (κ1) is 19.8. The van der Waals surface area contributed by atoms with Crippen LogP contribution in [-0.2, 0) is 11.3 Å². The van der Waals surface area contributed by atoms with Crippen LogP contribution in [0.15, 0.2) is 60.7 Å². The van der Waals surface area contributed by atoms with Crippen LogP contribution >= 0.6 is 0 Å². The van der Waals surface area contributed by atoms with Crippen molar-refractivity contribution < 1.29 is 18.8 Å². The first-order valence-electron chi connectivity index (χ1n) is 9.82. The number of nitrogens with zero attached hydrogens (tertiary/aromatic N) is 2. The molecule has 0 aromatic heterocycles.